The fourth-order valence-electron chi connectivity index (χ4n) is 3.25. The highest BCUT2D eigenvalue weighted by atomic mass is 16.3. The first-order valence-electron chi connectivity index (χ1n) is 8.60. The van der Waals surface area contributed by atoms with Gasteiger partial charge in [0.05, 0.1) is 5.69 Å². The SMILES string of the molecule is N[C@H]1CC[C@H](Nc2cc(Nc3ccc(O)cc3)c3nccn3n2)CC1. The van der Waals surface area contributed by atoms with Crippen molar-refractivity contribution in [2.24, 2.45) is 5.73 Å². The maximum Gasteiger partial charge on any atom is 0.177 e. The number of aromatic hydroxyl groups is 1. The average Bonchev–Trinajstić information content (AvgIpc) is 3.08. The molecule has 1 fully saturated rings. The maximum absolute atomic E-state index is 9.43. The lowest BCUT2D eigenvalue weighted by Gasteiger charge is -2.27. The smallest absolute Gasteiger partial charge is 0.177 e. The van der Waals surface area contributed by atoms with E-state index >= 15 is 0 Å². The van der Waals surface area contributed by atoms with Gasteiger partial charge >= 0.3 is 0 Å². The molecule has 0 spiro atoms. The normalized spacial score (nSPS) is 20.5. The molecule has 0 radical (unpaired) electrons. The van der Waals surface area contributed by atoms with Gasteiger partial charge in [0.25, 0.3) is 0 Å². The molecule has 1 saturated carbocycles. The number of benzene rings is 1. The van der Waals surface area contributed by atoms with Crippen molar-refractivity contribution in [3.63, 3.8) is 0 Å². The first-order chi connectivity index (χ1) is 12.2. The summed E-state index contributed by atoms with van der Waals surface area (Å²) in [6, 6.07) is 9.65. The van der Waals surface area contributed by atoms with Gasteiger partial charge in [0.1, 0.15) is 11.6 Å². The van der Waals surface area contributed by atoms with Gasteiger partial charge in [-0.25, -0.2) is 9.50 Å². The third-order valence-electron chi connectivity index (χ3n) is 4.63. The van der Waals surface area contributed by atoms with E-state index in [1.54, 1.807) is 22.8 Å². The van der Waals surface area contributed by atoms with Crippen LogP contribution in [0.15, 0.2) is 42.7 Å². The number of aromatic nitrogens is 3. The summed E-state index contributed by atoms with van der Waals surface area (Å²) in [5, 5.41) is 20.9. The van der Waals surface area contributed by atoms with Gasteiger partial charge in [0, 0.05) is 36.2 Å². The molecule has 0 saturated heterocycles. The molecule has 1 aliphatic carbocycles. The van der Waals surface area contributed by atoms with Gasteiger partial charge in [-0.3, -0.25) is 0 Å². The van der Waals surface area contributed by atoms with Crippen LogP contribution in [0.25, 0.3) is 5.65 Å². The molecule has 2 heterocycles. The summed E-state index contributed by atoms with van der Waals surface area (Å²) in [6.07, 6.45) is 7.78. The summed E-state index contributed by atoms with van der Waals surface area (Å²) in [6.45, 7) is 0. The third-order valence-corrected chi connectivity index (χ3v) is 4.63. The van der Waals surface area contributed by atoms with E-state index < -0.39 is 0 Å². The van der Waals surface area contributed by atoms with Crippen molar-refractivity contribution in [2.75, 3.05) is 10.6 Å². The number of fused-ring (bicyclic) bond motifs is 1. The third kappa shape index (κ3) is 3.51. The number of nitrogens with zero attached hydrogens (tertiary/aromatic N) is 3. The number of phenolic OH excluding ortho intramolecular Hbond substituents is 1. The summed E-state index contributed by atoms with van der Waals surface area (Å²) in [5.41, 5.74) is 8.48. The van der Waals surface area contributed by atoms with Crippen molar-refractivity contribution in [3.05, 3.63) is 42.7 Å². The van der Waals surface area contributed by atoms with Crippen LogP contribution in [-0.2, 0) is 0 Å². The number of imidazole rings is 1. The quantitative estimate of drug-likeness (QED) is 0.546. The molecule has 2 aromatic heterocycles. The Labute approximate surface area is 145 Å². The molecule has 5 N–H and O–H groups in total. The molecule has 0 aliphatic heterocycles. The fraction of sp³-hybridized carbons (Fsp3) is 0.333. The van der Waals surface area contributed by atoms with Crippen LogP contribution in [-0.4, -0.2) is 31.8 Å². The monoisotopic (exact) mass is 338 g/mol. The van der Waals surface area contributed by atoms with Crippen LogP contribution in [0.2, 0.25) is 0 Å². The molecule has 0 atom stereocenters. The second-order valence-electron chi connectivity index (χ2n) is 6.57. The van der Waals surface area contributed by atoms with E-state index in [4.69, 9.17) is 5.73 Å². The van der Waals surface area contributed by atoms with Crippen LogP contribution in [0.1, 0.15) is 25.7 Å². The van der Waals surface area contributed by atoms with Gasteiger partial charge in [-0.1, -0.05) is 0 Å². The molecule has 25 heavy (non-hydrogen) atoms. The fourth-order valence-corrected chi connectivity index (χ4v) is 3.25. The highest BCUT2D eigenvalue weighted by molar-refractivity contribution is 5.75. The molecular formula is C18H22N6O. The van der Waals surface area contributed by atoms with E-state index in [-0.39, 0.29) is 5.75 Å². The molecule has 130 valence electrons. The standard InChI is InChI=1S/C18H22N6O/c19-12-1-3-14(4-2-12)22-17-11-16(18-20-9-10-24(18)23-17)21-13-5-7-15(25)8-6-13/h5-12,14,21,25H,1-4,19H2,(H,22,23)/t12-,14-. The van der Waals surface area contributed by atoms with Gasteiger partial charge < -0.3 is 21.5 Å². The minimum Gasteiger partial charge on any atom is -0.508 e. The van der Waals surface area contributed by atoms with Gasteiger partial charge in [-0.2, -0.15) is 0 Å². The predicted molar refractivity (Wildman–Crippen MR) is 98.2 cm³/mol. The molecule has 0 unspecified atom stereocenters. The number of nitrogens with one attached hydrogen (secondary N) is 2. The van der Waals surface area contributed by atoms with E-state index in [1.807, 2.05) is 24.4 Å². The Morgan fingerprint density at radius 1 is 1.12 bits per heavy atom. The van der Waals surface area contributed by atoms with Gasteiger partial charge in [0.15, 0.2) is 5.65 Å². The lowest BCUT2D eigenvalue weighted by Crippen LogP contribution is -2.33. The zero-order valence-corrected chi connectivity index (χ0v) is 13.9. The number of anilines is 3. The summed E-state index contributed by atoms with van der Waals surface area (Å²) in [4.78, 5) is 4.37. The van der Waals surface area contributed by atoms with Gasteiger partial charge in [-0.05, 0) is 49.9 Å². The number of hydrogen-bond donors (Lipinski definition) is 4. The molecule has 4 rings (SSSR count). The average molecular weight is 338 g/mol. The van der Waals surface area contributed by atoms with E-state index in [0.29, 0.717) is 12.1 Å². The predicted octanol–water partition coefficient (Wildman–Crippen LogP) is 2.86. The number of rotatable bonds is 4. The summed E-state index contributed by atoms with van der Waals surface area (Å²) in [5.74, 6) is 1.05. The molecule has 0 amide bonds. The van der Waals surface area contributed by atoms with Crippen LogP contribution >= 0.6 is 0 Å². The van der Waals surface area contributed by atoms with Crippen molar-refractivity contribution >= 4 is 22.8 Å². The Kier molecular flexibility index (Phi) is 4.15. The highest BCUT2D eigenvalue weighted by Gasteiger charge is 2.19. The molecule has 0 bridgehead atoms. The summed E-state index contributed by atoms with van der Waals surface area (Å²) < 4.78 is 1.76. The maximum atomic E-state index is 9.43. The van der Waals surface area contributed by atoms with Crippen molar-refractivity contribution < 1.29 is 5.11 Å². The van der Waals surface area contributed by atoms with Crippen molar-refractivity contribution in [1.29, 1.82) is 0 Å². The second kappa shape index (κ2) is 6.60. The number of hydrogen-bond acceptors (Lipinski definition) is 6. The molecular weight excluding hydrogens is 316 g/mol. The summed E-state index contributed by atoms with van der Waals surface area (Å²) in [7, 11) is 0. The van der Waals surface area contributed by atoms with E-state index in [0.717, 1.165) is 48.5 Å². The van der Waals surface area contributed by atoms with E-state index in [2.05, 4.69) is 20.7 Å². The minimum atomic E-state index is 0.240. The minimum absolute atomic E-state index is 0.240. The van der Waals surface area contributed by atoms with Gasteiger partial charge in [0.2, 0.25) is 0 Å². The first kappa shape index (κ1) is 15.7. The van der Waals surface area contributed by atoms with Gasteiger partial charge in [-0.15, -0.1) is 5.10 Å². The summed E-state index contributed by atoms with van der Waals surface area (Å²) >= 11 is 0. The van der Waals surface area contributed by atoms with Crippen LogP contribution < -0.4 is 16.4 Å². The van der Waals surface area contributed by atoms with Crippen molar-refractivity contribution in [2.45, 2.75) is 37.8 Å². The lowest BCUT2D eigenvalue weighted by atomic mass is 9.92. The Hall–Kier alpha value is -2.80. The number of phenols is 1. The Balaban J connectivity index is 1.59. The van der Waals surface area contributed by atoms with E-state index in [9.17, 15) is 5.11 Å². The Morgan fingerprint density at radius 2 is 1.88 bits per heavy atom. The van der Waals surface area contributed by atoms with Crippen LogP contribution in [0.4, 0.5) is 17.2 Å². The zero-order chi connectivity index (χ0) is 17.2. The number of nitrogens with two attached hydrogens (primary N) is 1. The lowest BCUT2D eigenvalue weighted by molar-refractivity contribution is 0.410. The highest BCUT2D eigenvalue weighted by Crippen LogP contribution is 2.26. The largest absolute Gasteiger partial charge is 0.508 e. The van der Waals surface area contributed by atoms with Crippen LogP contribution in [0.3, 0.4) is 0 Å². The molecule has 3 aromatic rings. The topological polar surface area (TPSA) is 100 Å². The molecule has 1 aromatic carbocycles. The zero-order valence-electron chi connectivity index (χ0n) is 13.9. The van der Waals surface area contributed by atoms with E-state index in [1.165, 1.54) is 0 Å². The Bertz CT molecular complexity index is 852. The molecule has 7 nitrogen and oxygen atoms in total. The first-order valence-corrected chi connectivity index (χ1v) is 8.60. The molecule has 1 aliphatic rings. The van der Waals surface area contributed by atoms with Crippen molar-refractivity contribution in [1.82, 2.24) is 14.6 Å². The van der Waals surface area contributed by atoms with Crippen molar-refractivity contribution in [3.8, 4) is 5.75 Å². The molecule has 7 heteroatoms. The second-order valence-corrected chi connectivity index (χ2v) is 6.57. The van der Waals surface area contributed by atoms with Crippen LogP contribution in [0.5, 0.6) is 5.75 Å². The Morgan fingerprint density at radius 3 is 2.64 bits per heavy atom. The van der Waals surface area contributed by atoms with Crippen LogP contribution in [0, 0.1) is 0 Å².